The lowest BCUT2D eigenvalue weighted by Gasteiger charge is -2.31. The molecular weight excluding hydrogens is 2180 g/mol. The number of nitrogens with one attached hydrogen (secondary N) is 4. The third-order valence-corrected chi connectivity index (χ3v) is 28.1. The van der Waals surface area contributed by atoms with Gasteiger partial charge in [-0.15, -0.1) is 45.3 Å². The van der Waals surface area contributed by atoms with Crippen molar-refractivity contribution in [1.29, 1.82) is 0 Å². The van der Waals surface area contributed by atoms with Crippen LogP contribution in [-0.4, -0.2) is 258 Å². The zero-order chi connectivity index (χ0) is 105. The van der Waals surface area contributed by atoms with Crippen molar-refractivity contribution in [2.24, 2.45) is 20.0 Å². The number of aliphatic imine (C=N–C) groups is 4. The maximum Gasteiger partial charge on any atom is 0.338 e. The number of aliphatic carboxylic acids is 4. The number of rotatable bonds is 32. The minimum absolute atomic E-state index is 0.0188. The lowest BCUT2D eigenvalue weighted by atomic mass is 9.95. The predicted molar refractivity (Wildman–Crippen MR) is 530 cm³/mol. The van der Waals surface area contributed by atoms with Crippen LogP contribution in [0.4, 0.5) is 43.9 Å². The van der Waals surface area contributed by atoms with E-state index in [4.69, 9.17) is 72.6 Å². The van der Waals surface area contributed by atoms with Gasteiger partial charge in [-0.3, -0.25) is 39.6 Å². The molecule has 4 saturated heterocycles. The van der Waals surface area contributed by atoms with Crippen molar-refractivity contribution >= 4 is 172 Å². The molecule has 772 valence electrons. The van der Waals surface area contributed by atoms with E-state index in [1.165, 1.54) is 134 Å². The SMILES string of the molecule is CCOC(=O)C1=C(CN2CC(F)(F)CC2/C=C/C(=O)O)NC(c2nccs2)=N[C@H]1c1ccc(F)cc1Br.CCOC(=O)C1=C(CN2CC(F)(F)CC2/C=C/C(=O)O)NC(c2nccs2)=N[C@H]1c1ccc(F)cc1Cl.CCOC(=O)C1=C(CN2CC(F)CC2/C=C/C(=O)O)NC(c2nccs2)=N[C@H]1c1ccc(F)cc1Br.CCOC(=O)C1=C(CN2CC(F)CC2/C=C/C(=O)O)NC(c2nccs2)=N[C@H]1c1ccc(F)cc1Cl. The molecule has 6 unspecified atom stereocenters. The quantitative estimate of drug-likeness (QED) is 0.00840. The highest BCUT2D eigenvalue weighted by Crippen LogP contribution is 2.45. The van der Waals surface area contributed by atoms with Gasteiger partial charge in [0.15, 0.2) is 43.4 Å². The normalized spacial score (nSPS) is 22.1. The molecule has 0 saturated carbocycles. The molecule has 8 aromatic rings. The third kappa shape index (κ3) is 28.7. The van der Waals surface area contributed by atoms with Gasteiger partial charge in [-0.2, -0.15) is 0 Å². The fraction of sp³-hybridized carbons (Fsp3) is 0.333. The van der Waals surface area contributed by atoms with E-state index in [1.54, 1.807) is 89.9 Å². The van der Waals surface area contributed by atoms with Crippen LogP contribution in [0.25, 0.3) is 0 Å². The highest BCUT2D eigenvalue weighted by atomic mass is 79.9. The second kappa shape index (κ2) is 50.4. The summed E-state index contributed by atoms with van der Waals surface area (Å²) in [6.45, 7) is 5.55. The maximum atomic E-state index is 14.4. The Morgan fingerprint density at radius 2 is 0.658 bits per heavy atom. The average molecular weight is 2270 g/mol. The molecular formula is C96H90Br2Cl2F10N16O16S4. The molecule has 0 bridgehead atoms. The van der Waals surface area contributed by atoms with Crippen molar-refractivity contribution in [2.75, 3.05) is 78.8 Å². The number of carbonyl (C=O) groups is 8. The van der Waals surface area contributed by atoms with Gasteiger partial charge in [0.1, 0.15) is 59.8 Å². The molecule has 4 fully saturated rings. The molecule has 0 aliphatic carbocycles. The molecule has 4 aromatic carbocycles. The van der Waals surface area contributed by atoms with Crippen molar-refractivity contribution < 1.29 is 122 Å². The number of hydrogen-bond acceptors (Lipinski definition) is 32. The van der Waals surface area contributed by atoms with Gasteiger partial charge in [0.05, 0.1) is 61.8 Å². The number of aromatic nitrogens is 4. The molecule has 10 atom stereocenters. The summed E-state index contributed by atoms with van der Waals surface area (Å²) in [5.41, 5.74) is 3.45. The fourth-order valence-corrected chi connectivity index (χ4v) is 21.0. The van der Waals surface area contributed by atoms with Gasteiger partial charge < -0.3 is 60.6 Å². The Kier molecular flexibility index (Phi) is 38.2. The zero-order valence-corrected chi connectivity index (χ0v) is 85.2. The van der Waals surface area contributed by atoms with E-state index in [0.717, 1.165) is 36.4 Å². The number of likely N-dealkylation sites (tertiary alicyclic amines) is 4. The first-order chi connectivity index (χ1) is 69.7. The van der Waals surface area contributed by atoms with Gasteiger partial charge in [-0.05, 0) is 100 Å². The topological polar surface area (TPSA) is 416 Å². The fourth-order valence-electron chi connectivity index (χ4n) is 16.9. The number of thiazole rings is 4. The van der Waals surface area contributed by atoms with Crippen LogP contribution in [-0.2, 0) is 57.3 Å². The second-order valence-electron chi connectivity index (χ2n) is 33.0. The highest BCUT2D eigenvalue weighted by Gasteiger charge is 2.49. The van der Waals surface area contributed by atoms with Crippen LogP contribution >= 0.6 is 100 Å². The van der Waals surface area contributed by atoms with Crippen molar-refractivity contribution in [3.63, 3.8) is 0 Å². The molecule has 0 spiro atoms. The summed E-state index contributed by atoms with van der Waals surface area (Å²) in [4.78, 5) is 139. The molecule has 0 amide bonds. The standard InChI is InChI=1S/C24H22BrF3N4O4S.C24H23BrF2N4O4S.C24H22ClF3N4O4S.C24H23ClF2N4O4S/c1-2-36-23(35)19-17(11-32-12-24(27,28)10-14(32)4-6-18(33)34)30-21(22-29-7-8-37-22)31-20(19)15-5-3-13(26)9-16(15)25;1-2-35-24(34)20-18(12-31-11-14(27)9-15(31)4-6-19(32)33)29-22(23-28-7-8-36-23)30-21(20)16-5-3-13(26)10-17(16)25;1-2-36-23(35)19-17(11-32-12-24(27,28)10-14(32)4-6-18(33)34)30-21(22-29-7-8-37-22)31-20(19)15-5-3-13(26)9-16(15)25;1-2-35-24(34)20-18(12-31-11-14(27)9-15(31)4-6-19(32)33)29-22(23-28-7-8-36-23)30-21(20)16-5-3-13(26)10-17(16)25/h3-9,14,20H,2,10-12H2,1H3,(H,30,31)(H,33,34);3-8,10,14-15,21H,2,9,11-12H2,1H3,(H,29,30)(H,32,33);3-9,14,20H,2,10-12H2,1H3,(H,30,31)(H,33,34);3-8,10,14-15,21H,2,9,11-12H2,1H3,(H,29,30)(H,32,33)/b4*6-4+/t14?,20-;14?,15?,21-;14?,20-;14?,15?,21-/m0000/s1. The number of halogens is 14. The Bertz CT molecular complexity index is 6200. The van der Waals surface area contributed by atoms with Crippen molar-refractivity contribution in [3.8, 4) is 0 Å². The molecule has 50 heteroatoms. The number of hydrogen-bond donors (Lipinski definition) is 8. The van der Waals surface area contributed by atoms with Gasteiger partial charge in [-0.1, -0.05) is 104 Å². The Morgan fingerprint density at radius 3 is 0.904 bits per heavy atom. The zero-order valence-electron chi connectivity index (χ0n) is 77.2. The minimum atomic E-state index is -3.07. The minimum Gasteiger partial charge on any atom is -0.478 e. The average Bonchev–Trinajstić information content (AvgIpc) is 1.36. The molecule has 8 N–H and O–H groups in total. The van der Waals surface area contributed by atoms with Crippen LogP contribution in [0.15, 0.2) is 242 Å². The number of ether oxygens (including phenoxy) is 4. The molecule has 32 nitrogen and oxygen atoms in total. The number of carboxylic acids is 4. The molecule has 8 aliphatic rings. The van der Waals surface area contributed by atoms with Crippen LogP contribution < -0.4 is 21.3 Å². The van der Waals surface area contributed by atoms with E-state index in [1.807, 2.05) is 0 Å². The molecule has 8 aliphatic heterocycles. The van der Waals surface area contributed by atoms with Crippen LogP contribution in [0.2, 0.25) is 10.0 Å². The first-order valence-corrected chi connectivity index (χ1v) is 50.6. The number of nitrogens with zero attached hydrogens (tertiary/aromatic N) is 12. The molecule has 16 rings (SSSR count). The number of carbonyl (C=O) groups excluding carboxylic acids is 4. The van der Waals surface area contributed by atoms with E-state index >= 15 is 0 Å². The van der Waals surface area contributed by atoms with Crippen molar-refractivity contribution in [2.45, 2.75) is 126 Å². The van der Waals surface area contributed by atoms with Crippen LogP contribution in [0, 0.1) is 23.3 Å². The summed E-state index contributed by atoms with van der Waals surface area (Å²) in [6, 6.07) is 9.00. The number of benzene rings is 4. The Hall–Kier alpha value is -12.4. The van der Waals surface area contributed by atoms with Gasteiger partial charge in [0.2, 0.25) is 0 Å². The largest absolute Gasteiger partial charge is 0.478 e. The number of amidine groups is 4. The number of carboxylic acid groups (broad SMARTS) is 4. The maximum absolute atomic E-state index is 14.4. The molecule has 4 aromatic heterocycles. The van der Waals surface area contributed by atoms with Crippen molar-refractivity contribution in [3.05, 3.63) is 297 Å². The molecule has 146 heavy (non-hydrogen) atoms. The van der Waals surface area contributed by atoms with Gasteiger partial charge in [0, 0.05) is 200 Å². The van der Waals surface area contributed by atoms with E-state index in [2.05, 4.69) is 83.0 Å². The smallest absolute Gasteiger partial charge is 0.338 e. The van der Waals surface area contributed by atoms with Gasteiger partial charge in [0.25, 0.3) is 11.8 Å². The van der Waals surface area contributed by atoms with Gasteiger partial charge >= 0.3 is 47.8 Å². The number of alkyl halides is 6. The highest BCUT2D eigenvalue weighted by molar-refractivity contribution is 9.10. The van der Waals surface area contributed by atoms with Crippen LogP contribution in [0.5, 0.6) is 0 Å². The third-order valence-electron chi connectivity index (χ3n) is 23.0. The molecule has 0 radical (unpaired) electrons. The van der Waals surface area contributed by atoms with E-state index in [0.29, 0.717) is 80.1 Å². The van der Waals surface area contributed by atoms with Crippen LogP contribution in [0.1, 0.15) is 120 Å². The second-order valence-corrected chi connectivity index (χ2v) is 39.1. The summed E-state index contributed by atoms with van der Waals surface area (Å²) < 4.78 is 164. The molecule has 12 heterocycles. The summed E-state index contributed by atoms with van der Waals surface area (Å²) >= 11 is 24.7. The Labute approximate surface area is 869 Å². The first kappa shape index (κ1) is 111. The van der Waals surface area contributed by atoms with E-state index in [9.17, 15) is 82.3 Å². The lowest BCUT2D eigenvalue weighted by molar-refractivity contribution is -0.139. The predicted octanol–water partition coefficient (Wildman–Crippen LogP) is 16.4. The lowest BCUT2D eigenvalue weighted by Crippen LogP contribution is -2.41. The summed E-state index contributed by atoms with van der Waals surface area (Å²) in [5.74, 6) is -14.4. The summed E-state index contributed by atoms with van der Waals surface area (Å²) in [5, 5.41) is 57.7. The monoisotopic (exact) mass is 2270 g/mol. The summed E-state index contributed by atoms with van der Waals surface area (Å²) in [6.07, 6.45) is 12.0. The van der Waals surface area contributed by atoms with E-state index < -0.39 is 169 Å². The van der Waals surface area contributed by atoms with E-state index in [-0.39, 0.29) is 128 Å². The van der Waals surface area contributed by atoms with Crippen LogP contribution in [0.3, 0.4) is 0 Å². The number of esters is 4. The Balaban J connectivity index is 0.000000163. The van der Waals surface area contributed by atoms with Gasteiger partial charge in [-0.25, -0.2) is 102 Å². The van der Waals surface area contributed by atoms with Crippen molar-refractivity contribution in [1.82, 2.24) is 60.8 Å². The first-order valence-electron chi connectivity index (χ1n) is 44.7. The Morgan fingerprint density at radius 1 is 0.404 bits per heavy atom. The summed E-state index contributed by atoms with van der Waals surface area (Å²) in [7, 11) is 0.